The van der Waals surface area contributed by atoms with Crippen molar-refractivity contribution in [1.82, 2.24) is 9.97 Å². The minimum absolute atomic E-state index is 0.435. The Hall–Kier alpha value is -2.37. The molecule has 0 radical (unpaired) electrons. The van der Waals surface area contributed by atoms with Gasteiger partial charge in [-0.05, 0) is 36.3 Å². The van der Waals surface area contributed by atoms with Crippen LogP contribution >= 0.6 is 11.6 Å². The first-order valence-corrected chi connectivity index (χ1v) is 7.77. The van der Waals surface area contributed by atoms with Gasteiger partial charge in [0.1, 0.15) is 11.4 Å². The minimum atomic E-state index is 0.435. The third-order valence-corrected chi connectivity index (χ3v) is 3.84. The van der Waals surface area contributed by atoms with E-state index in [1.54, 1.807) is 18.5 Å². The molecule has 2 aromatic rings. The number of hydrogen-bond donors (Lipinski definition) is 2. The summed E-state index contributed by atoms with van der Waals surface area (Å²) in [6, 6.07) is 5.49. The van der Waals surface area contributed by atoms with Gasteiger partial charge in [-0.1, -0.05) is 11.6 Å². The van der Waals surface area contributed by atoms with Crippen molar-refractivity contribution in [2.45, 2.75) is 6.42 Å². The van der Waals surface area contributed by atoms with Gasteiger partial charge in [0, 0.05) is 24.5 Å². The fourth-order valence-electron chi connectivity index (χ4n) is 2.49. The van der Waals surface area contributed by atoms with Gasteiger partial charge in [0.05, 0.1) is 29.4 Å². The average molecular weight is 327 g/mol. The lowest BCUT2D eigenvalue weighted by Gasteiger charge is -2.13. The number of nitrogens with one attached hydrogen (secondary N) is 1. The minimum Gasteiger partial charge on any atom is -0.322 e. The third-order valence-electron chi connectivity index (χ3n) is 3.63. The highest BCUT2D eigenvalue weighted by atomic mass is 35.5. The first-order chi connectivity index (χ1) is 11.2. The smallest absolute Gasteiger partial charge is 0.129 e. The van der Waals surface area contributed by atoms with Crippen LogP contribution in [0.4, 0.5) is 0 Å². The van der Waals surface area contributed by atoms with E-state index in [0.717, 1.165) is 40.7 Å². The Bertz CT molecular complexity index is 851. The molecule has 0 fully saturated rings. The lowest BCUT2D eigenvalue weighted by atomic mass is 9.94. The van der Waals surface area contributed by atoms with Gasteiger partial charge in [0.15, 0.2) is 0 Å². The van der Waals surface area contributed by atoms with Crippen molar-refractivity contribution < 1.29 is 5.32 Å². The monoisotopic (exact) mass is 326 g/mol. The van der Waals surface area contributed by atoms with Crippen LogP contribution in [-0.2, 0) is 0 Å². The maximum absolute atomic E-state index is 8.54. The summed E-state index contributed by atoms with van der Waals surface area (Å²) in [6.45, 7) is 0.727. The molecule has 23 heavy (non-hydrogen) atoms. The molecule has 0 saturated carbocycles. The molecule has 6 heteroatoms. The van der Waals surface area contributed by atoms with E-state index >= 15 is 0 Å². The zero-order valence-electron chi connectivity index (χ0n) is 12.8. The number of hydrogen-bond acceptors (Lipinski definition) is 4. The zero-order chi connectivity index (χ0) is 16.2. The molecule has 5 nitrogen and oxygen atoms in total. The van der Waals surface area contributed by atoms with Crippen molar-refractivity contribution in [3.8, 4) is 0 Å². The number of fused-ring (bicyclic) bond motifs is 1. The number of quaternary nitrogens is 1. The van der Waals surface area contributed by atoms with E-state index in [4.69, 9.17) is 17.0 Å². The largest absolute Gasteiger partial charge is 0.322 e. The molecule has 0 saturated heterocycles. The summed E-state index contributed by atoms with van der Waals surface area (Å²) in [5, 5.41) is 10.9. The molecule has 3 heterocycles. The molecule has 116 valence electrons. The van der Waals surface area contributed by atoms with Crippen molar-refractivity contribution in [2.24, 2.45) is 4.99 Å². The molecule has 3 N–H and O–H groups in total. The Labute approximate surface area is 139 Å². The molecule has 0 aliphatic carbocycles. The summed E-state index contributed by atoms with van der Waals surface area (Å²) >= 11 is 5.97. The summed E-state index contributed by atoms with van der Waals surface area (Å²) in [4.78, 5) is 12.9. The molecule has 0 atom stereocenters. The Morgan fingerprint density at radius 2 is 2.22 bits per heavy atom. The standard InChI is InChI=1S/C17H16ClN5/c1-20-10-13(17(19)11-4-6-21-7-5-11)12-8-15-14(22-9-12)2-3-16(18)23-15/h2-4,6,8-10,19-20H,5,7H2,1H3/p+1. The Morgan fingerprint density at radius 1 is 1.35 bits per heavy atom. The number of pyridine rings is 2. The van der Waals surface area contributed by atoms with Gasteiger partial charge in [-0.2, -0.15) is 0 Å². The number of nitrogens with zero attached hydrogens (tertiary/aromatic N) is 3. The number of rotatable bonds is 4. The van der Waals surface area contributed by atoms with Crippen LogP contribution in [-0.4, -0.2) is 35.5 Å². The van der Waals surface area contributed by atoms with Crippen LogP contribution in [0.3, 0.4) is 0 Å². The maximum atomic E-state index is 8.54. The first kappa shape index (κ1) is 15.5. The van der Waals surface area contributed by atoms with Crippen LogP contribution in [0.2, 0.25) is 5.15 Å². The van der Waals surface area contributed by atoms with Gasteiger partial charge in [-0.15, -0.1) is 0 Å². The highest BCUT2D eigenvalue weighted by molar-refractivity contribution is 6.31. The lowest BCUT2D eigenvalue weighted by Crippen LogP contribution is -2.73. The van der Waals surface area contributed by atoms with Crippen LogP contribution in [0.15, 0.2) is 47.2 Å². The van der Waals surface area contributed by atoms with Gasteiger partial charge in [-0.3, -0.25) is 15.4 Å². The number of halogens is 1. The SMILES string of the molecule is C[NH2+]C=C(C(=N)C1=CC=NCC1)c1cnc2ccc(Cl)nc2c1. The molecule has 0 aromatic carbocycles. The summed E-state index contributed by atoms with van der Waals surface area (Å²) < 4.78 is 0. The summed E-state index contributed by atoms with van der Waals surface area (Å²) in [5.74, 6) is 0. The van der Waals surface area contributed by atoms with Gasteiger partial charge < -0.3 is 5.32 Å². The van der Waals surface area contributed by atoms with E-state index in [-0.39, 0.29) is 0 Å². The van der Waals surface area contributed by atoms with E-state index in [2.05, 4.69) is 15.0 Å². The van der Waals surface area contributed by atoms with Crippen molar-refractivity contribution in [3.05, 3.63) is 53.0 Å². The van der Waals surface area contributed by atoms with E-state index in [1.807, 2.05) is 36.8 Å². The number of aliphatic imine (C=N–C) groups is 1. The van der Waals surface area contributed by atoms with Crippen LogP contribution in [0.25, 0.3) is 16.6 Å². The van der Waals surface area contributed by atoms with Crippen LogP contribution in [0, 0.1) is 5.41 Å². The molecule has 1 aliphatic heterocycles. The fraction of sp³-hybridized carbons (Fsp3) is 0.176. The summed E-state index contributed by atoms with van der Waals surface area (Å²) in [6.07, 6.45) is 8.16. The zero-order valence-corrected chi connectivity index (χ0v) is 13.5. The summed E-state index contributed by atoms with van der Waals surface area (Å²) in [7, 11) is 1.94. The predicted molar refractivity (Wildman–Crippen MR) is 94.2 cm³/mol. The molecular weight excluding hydrogens is 310 g/mol. The molecule has 0 amide bonds. The molecule has 0 unspecified atom stereocenters. The van der Waals surface area contributed by atoms with Crippen LogP contribution in [0.1, 0.15) is 12.0 Å². The predicted octanol–water partition coefficient (Wildman–Crippen LogP) is 2.24. The molecule has 2 aromatic heterocycles. The second-order valence-corrected chi connectivity index (χ2v) is 5.57. The van der Waals surface area contributed by atoms with Gasteiger partial charge in [0.25, 0.3) is 0 Å². The fourth-order valence-corrected chi connectivity index (χ4v) is 2.64. The van der Waals surface area contributed by atoms with Crippen molar-refractivity contribution in [2.75, 3.05) is 13.6 Å². The maximum Gasteiger partial charge on any atom is 0.129 e. The molecule has 0 bridgehead atoms. The third kappa shape index (κ3) is 3.36. The lowest BCUT2D eigenvalue weighted by molar-refractivity contribution is -0.555. The van der Waals surface area contributed by atoms with Crippen molar-refractivity contribution in [1.29, 1.82) is 5.41 Å². The van der Waals surface area contributed by atoms with Gasteiger partial charge in [-0.25, -0.2) is 4.98 Å². The molecule has 3 rings (SSSR count). The van der Waals surface area contributed by atoms with E-state index in [0.29, 0.717) is 10.9 Å². The quantitative estimate of drug-likeness (QED) is 0.667. The number of nitrogens with two attached hydrogens (primary N) is 1. The summed E-state index contributed by atoms with van der Waals surface area (Å²) in [5.41, 5.74) is 4.67. The highest BCUT2D eigenvalue weighted by Gasteiger charge is 2.16. The normalized spacial score (nSPS) is 14.9. The number of dihydropyridines is 1. The Kier molecular flexibility index (Phi) is 4.60. The average Bonchev–Trinajstić information content (AvgIpc) is 2.59. The molecular formula is C17H17ClN5+. The molecule has 0 spiro atoms. The second-order valence-electron chi connectivity index (χ2n) is 5.18. The van der Waals surface area contributed by atoms with Crippen molar-refractivity contribution in [3.63, 3.8) is 0 Å². The van der Waals surface area contributed by atoms with Crippen molar-refractivity contribution >= 4 is 40.1 Å². The Morgan fingerprint density at radius 3 is 2.96 bits per heavy atom. The molecule has 1 aliphatic rings. The van der Waals surface area contributed by atoms with Gasteiger partial charge >= 0.3 is 0 Å². The topological polar surface area (TPSA) is 78.6 Å². The van der Waals surface area contributed by atoms with E-state index < -0.39 is 0 Å². The van der Waals surface area contributed by atoms with E-state index in [9.17, 15) is 0 Å². The van der Waals surface area contributed by atoms with Gasteiger partial charge in [0.2, 0.25) is 0 Å². The number of aromatic nitrogens is 2. The van der Waals surface area contributed by atoms with Crippen LogP contribution in [0.5, 0.6) is 0 Å². The Balaban J connectivity index is 2.04. The number of allylic oxidation sites excluding steroid dienone is 2. The first-order valence-electron chi connectivity index (χ1n) is 7.39. The van der Waals surface area contributed by atoms with Crippen LogP contribution < -0.4 is 5.32 Å². The van der Waals surface area contributed by atoms with E-state index in [1.165, 1.54) is 0 Å². The second kappa shape index (κ2) is 6.81. The highest BCUT2D eigenvalue weighted by Crippen LogP contribution is 2.23.